The Bertz CT molecular complexity index is 933. The highest BCUT2D eigenvalue weighted by Crippen LogP contribution is 2.35. The summed E-state index contributed by atoms with van der Waals surface area (Å²) in [5, 5.41) is 6.81. The minimum absolute atomic E-state index is 0.194. The Balaban J connectivity index is 1.41. The molecule has 0 bridgehead atoms. The Morgan fingerprint density at radius 1 is 1.12 bits per heavy atom. The molecule has 0 saturated heterocycles. The third-order valence-electron chi connectivity index (χ3n) is 4.00. The van der Waals surface area contributed by atoms with Crippen molar-refractivity contribution in [3.05, 3.63) is 59.8 Å². The molecule has 4 rings (SSSR count). The van der Waals surface area contributed by atoms with Crippen LogP contribution in [0.5, 0.6) is 17.2 Å². The van der Waals surface area contributed by atoms with E-state index in [1.165, 1.54) is 0 Å². The summed E-state index contributed by atoms with van der Waals surface area (Å²) in [6, 6.07) is 14.2. The van der Waals surface area contributed by atoms with Crippen LogP contribution in [0.1, 0.15) is 16.1 Å². The zero-order chi connectivity index (χ0) is 17.9. The van der Waals surface area contributed by atoms with Crippen LogP contribution in [0.4, 0.5) is 0 Å². The first-order valence-electron chi connectivity index (χ1n) is 8.01. The van der Waals surface area contributed by atoms with E-state index in [1.807, 2.05) is 18.2 Å². The summed E-state index contributed by atoms with van der Waals surface area (Å²) < 4.78 is 21.1. The molecule has 1 aliphatic rings. The van der Waals surface area contributed by atoms with Crippen LogP contribution in [-0.2, 0) is 6.54 Å². The van der Waals surface area contributed by atoms with Gasteiger partial charge in [-0.3, -0.25) is 4.79 Å². The molecule has 0 saturated carbocycles. The van der Waals surface area contributed by atoms with Crippen LogP contribution in [0.2, 0.25) is 0 Å². The molecule has 7 nitrogen and oxygen atoms in total. The van der Waals surface area contributed by atoms with E-state index in [-0.39, 0.29) is 19.2 Å². The maximum absolute atomic E-state index is 12.2. The van der Waals surface area contributed by atoms with Gasteiger partial charge in [-0.2, -0.15) is 0 Å². The summed E-state index contributed by atoms with van der Waals surface area (Å²) in [6.45, 7) is 0.483. The Kier molecular flexibility index (Phi) is 4.18. The number of methoxy groups -OCH3 is 1. The van der Waals surface area contributed by atoms with Gasteiger partial charge in [-0.25, -0.2) is 0 Å². The number of nitrogens with zero attached hydrogens (tertiary/aromatic N) is 1. The lowest BCUT2D eigenvalue weighted by Gasteiger charge is -2.04. The van der Waals surface area contributed by atoms with Gasteiger partial charge in [0.1, 0.15) is 11.4 Å². The minimum Gasteiger partial charge on any atom is -0.497 e. The number of aromatic nitrogens is 1. The molecule has 2 aromatic carbocycles. The predicted octanol–water partition coefficient (Wildman–Crippen LogP) is 3.01. The van der Waals surface area contributed by atoms with Crippen LogP contribution >= 0.6 is 0 Å². The molecule has 3 aromatic rings. The van der Waals surface area contributed by atoms with Crippen molar-refractivity contribution in [3.8, 4) is 28.6 Å². The van der Waals surface area contributed by atoms with Gasteiger partial charge in [0.2, 0.25) is 6.79 Å². The van der Waals surface area contributed by atoms with Crippen LogP contribution in [0, 0.1) is 0 Å². The van der Waals surface area contributed by atoms with Crippen molar-refractivity contribution in [1.82, 2.24) is 10.5 Å². The van der Waals surface area contributed by atoms with E-state index < -0.39 is 0 Å². The summed E-state index contributed by atoms with van der Waals surface area (Å²) in [5.41, 5.74) is 2.00. The monoisotopic (exact) mass is 352 g/mol. The van der Waals surface area contributed by atoms with Gasteiger partial charge in [0, 0.05) is 17.2 Å². The molecule has 0 spiro atoms. The second kappa shape index (κ2) is 6.79. The van der Waals surface area contributed by atoms with Gasteiger partial charge in [0.15, 0.2) is 17.3 Å². The van der Waals surface area contributed by atoms with Crippen LogP contribution in [-0.4, -0.2) is 25.0 Å². The van der Waals surface area contributed by atoms with Crippen molar-refractivity contribution >= 4 is 5.91 Å². The lowest BCUT2D eigenvalue weighted by atomic mass is 10.1. The Labute approximate surface area is 149 Å². The normalized spacial score (nSPS) is 12.0. The molecule has 1 amide bonds. The lowest BCUT2D eigenvalue weighted by molar-refractivity contribution is 0.0950. The molecule has 1 aromatic heterocycles. The topological polar surface area (TPSA) is 82.8 Å². The molecule has 1 aliphatic heterocycles. The summed E-state index contributed by atoms with van der Waals surface area (Å²) in [4.78, 5) is 12.2. The molecule has 26 heavy (non-hydrogen) atoms. The van der Waals surface area contributed by atoms with Crippen LogP contribution in [0.25, 0.3) is 11.3 Å². The first kappa shape index (κ1) is 16.0. The number of amides is 1. The van der Waals surface area contributed by atoms with E-state index >= 15 is 0 Å². The van der Waals surface area contributed by atoms with Gasteiger partial charge in [-0.1, -0.05) is 5.16 Å². The zero-order valence-electron chi connectivity index (χ0n) is 14.0. The molecular formula is C19H16N2O5. The summed E-state index contributed by atoms with van der Waals surface area (Å²) >= 11 is 0. The smallest absolute Gasteiger partial charge is 0.251 e. The zero-order valence-corrected chi connectivity index (χ0v) is 14.0. The molecule has 0 fully saturated rings. The Morgan fingerprint density at radius 2 is 1.92 bits per heavy atom. The summed E-state index contributed by atoms with van der Waals surface area (Å²) in [5.74, 6) is 2.48. The van der Waals surface area contributed by atoms with Gasteiger partial charge >= 0.3 is 0 Å². The van der Waals surface area contributed by atoms with Crippen LogP contribution in [0.3, 0.4) is 0 Å². The van der Waals surface area contributed by atoms with Gasteiger partial charge < -0.3 is 24.1 Å². The highest BCUT2D eigenvalue weighted by atomic mass is 16.7. The fourth-order valence-electron chi connectivity index (χ4n) is 2.60. The lowest BCUT2D eigenvalue weighted by Crippen LogP contribution is -2.22. The Morgan fingerprint density at radius 3 is 2.73 bits per heavy atom. The highest BCUT2D eigenvalue weighted by Gasteiger charge is 2.16. The SMILES string of the molecule is COc1ccc(C(=O)NCc2cc(-c3ccc4c(c3)OCO4)on2)cc1. The minimum atomic E-state index is -0.194. The number of hydrogen-bond donors (Lipinski definition) is 1. The van der Waals surface area contributed by atoms with Crippen LogP contribution in [0.15, 0.2) is 53.1 Å². The van der Waals surface area contributed by atoms with Crippen LogP contribution < -0.4 is 19.5 Å². The highest BCUT2D eigenvalue weighted by molar-refractivity contribution is 5.94. The predicted molar refractivity (Wildman–Crippen MR) is 92.2 cm³/mol. The van der Waals surface area contributed by atoms with Gasteiger partial charge in [0.05, 0.1) is 13.7 Å². The van der Waals surface area contributed by atoms with E-state index in [4.69, 9.17) is 18.7 Å². The molecule has 132 valence electrons. The van der Waals surface area contributed by atoms with Gasteiger partial charge in [-0.05, 0) is 42.5 Å². The van der Waals surface area contributed by atoms with Gasteiger partial charge in [-0.15, -0.1) is 0 Å². The summed E-state index contributed by atoms with van der Waals surface area (Å²) in [7, 11) is 1.58. The van der Waals surface area contributed by atoms with E-state index in [2.05, 4.69) is 10.5 Å². The maximum Gasteiger partial charge on any atom is 0.251 e. The maximum atomic E-state index is 12.2. The number of carbonyl (C=O) groups excluding carboxylic acids is 1. The largest absolute Gasteiger partial charge is 0.497 e. The van der Waals surface area contributed by atoms with Crippen molar-refractivity contribution in [1.29, 1.82) is 0 Å². The average Bonchev–Trinajstić information content (AvgIpc) is 3.34. The van der Waals surface area contributed by atoms with Crippen molar-refractivity contribution in [2.45, 2.75) is 6.54 Å². The van der Waals surface area contributed by atoms with Crippen molar-refractivity contribution in [2.75, 3.05) is 13.9 Å². The number of nitrogens with one attached hydrogen (secondary N) is 1. The van der Waals surface area contributed by atoms with E-state index in [9.17, 15) is 4.79 Å². The first-order chi connectivity index (χ1) is 12.7. The quantitative estimate of drug-likeness (QED) is 0.760. The molecule has 1 N–H and O–H groups in total. The summed E-state index contributed by atoms with van der Waals surface area (Å²) in [6.07, 6.45) is 0. The van der Waals surface area contributed by atoms with E-state index in [0.717, 1.165) is 5.56 Å². The third-order valence-corrected chi connectivity index (χ3v) is 4.00. The number of carbonyl (C=O) groups is 1. The second-order valence-corrected chi connectivity index (χ2v) is 5.66. The molecule has 0 aliphatic carbocycles. The first-order valence-corrected chi connectivity index (χ1v) is 8.01. The molecule has 0 atom stereocenters. The number of ether oxygens (including phenoxy) is 3. The molecule has 0 radical (unpaired) electrons. The van der Waals surface area contributed by atoms with Crippen molar-refractivity contribution < 1.29 is 23.5 Å². The fraction of sp³-hybridized carbons (Fsp3) is 0.158. The standard InChI is InChI=1S/C19H16N2O5/c1-23-15-5-2-12(3-6-15)19(22)20-10-14-9-17(26-21-14)13-4-7-16-18(8-13)25-11-24-16/h2-9H,10-11H2,1H3,(H,20,22). The number of benzene rings is 2. The van der Waals surface area contributed by atoms with Crippen molar-refractivity contribution in [3.63, 3.8) is 0 Å². The molecule has 2 heterocycles. The second-order valence-electron chi connectivity index (χ2n) is 5.66. The molecule has 0 unspecified atom stereocenters. The molecule has 7 heteroatoms. The van der Waals surface area contributed by atoms with Crippen molar-refractivity contribution in [2.24, 2.45) is 0 Å². The average molecular weight is 352 g/mol. The molecular weight excluding hydrogens is 336 g/mol. The fourth-order valence-corrected chi connectivity index (χ4v) is 2.60. The number of fused-ring (bicyclic) bond motifs is 1. The van der Waals surface area contributed by atoms with Gasteiger partial charge in [0.25, 0.3) is 5.91 Å². The number of rotatable bonds is 5. The number of hydrogen-bond acceptors (Lipinski definition) is 6. The van der Waals surface area contributed by atoms with E-state index in [0.29, 0.717) is 34.3 Å². The Hall–Kier alpha value is -3.48. The third kappa shape index (κ3) is 3.19. The van der Waals surface area contributed by atoms with E-state index in [1.54, 1.807) is 37.4 Å².